The molecule has 47 heavy (non-hydrogen) atoms. The van der Waals surface area contributed by atoms with Gasteiger partial charge in [-0.25, -0.2) is 4.79 Å². The van der Waals surface area contributed by atoms with E-state index in [1.807, 2.05) is 107 Å². The maximum absolute atomic E-state index is 13.6. The van der Waals surface area contributed by atoms with E-state index in [4.69, 9.17) is 16.4 Å². The Kier molecular flexibility index (Phi) is 10.9. The lowest BCUT2D eigenvalue weighted by molar-refractivity contribution is -0.156. The van der Waals surface area contributed by atoms with Gasteiger partial charge in [0.15, 0.2) is 5.78 Å². The van der Waals surface area contributed by atoms with Crippen molar-refractivity contribution in [2.45, 2.75) is 64.9 Å². The first-order chi connectivity index (χ1) is 22.6. The van der Waals surface area contributed by atoms with Crippen LogP contribution in [0.2, 0.25) is 5.02 Å². The van der Waals surface area contributed by atoms with Gasteiger partial charge in [0.05, 0.1) is 5.71 Å². The van der Waals surface area contributed by atoms with E-state index in [0.29, 0.717) is 28.3 Å². The number of aryl methyl sites for hydroxylation is 2. The van der Waals surface area contributed by atoms with E-state index in [0.717, 1.165) is 63.2 Å². The van der Waals surface area contributed by atoms with E-state index in [1.54, 1.807) is 11.8 Å². The zero-order valence-electron chi connectivity index (χ0n) is 28.0. The highest BCUT2D eigenvalue weighted by Gasteiger charge is 2.35. The van der Waals surface area contributed by atoms with Gasteiger partial charge in [-0.05, 0) is 101 Å². The number of hydrogen-bond acceptors (Lipinski definition) is 6. The summed E-state index contributed by atoms with van der Waals surface area (Å²) < 4.78 is 2.26. The molecule has 5 rings (SSSR count). The van der Waals surface area contributed by atoms with Crippen molar-refractivity contribution < 1.29 is 14.4 Å². The van der Waals surface area contributed by atoms with Gasteiger partial charge in [0.25, 0.3) is 0 Å². The average molecular weight is 668 g/mol. The summed E-state index contributed by atoms with van der Waals surface area (Å²) in [5.41, 5.74) is 5.16. The molecule has 0 bridgehead atoms. The zero-order valence-corrected chi connectivity index (χ0v) is 29.5. The molecule has 0 radical (unpaired) electrons. The minimum atomic E-state index is -0.825. The second kappa shape index (κ2) is 14.9. The summed E-state index contributed by atoms with van der Waals surface area (Å²) in [5.74, 6) is 0.330. The van der Waals surface area contributed by atoms with Crippen molar-refractivity contribution in [1.29, 1.82) is 0 Å². The van der Waals surface area contributed by atoms with Crippen LogP contribution in [-0.2, 0) is 16.2 Å². The van der Waals surface area contributed by atoms with E-state index in [2.05, 4.69) is 33.7 Å². The average Bonchev–Trinajstić information content (AvgIpc) is 3.39. The summed E-state index contributed by atoms with van der Waals surface area (Å²) >= 11 is 7.79. The van der Waals surface area contributed by atoms with Gasteiger partial charge in [-0.2, -0.15) is 0 Å². The summed E-state index contributed by atoms with van der Waals surface area (Å²) in [6.45, 7) is 14.1. The van der Waals surface area contributed by atoms with Gasteiger partial charge in [-0.1, -0.05) is 60.9 Å². The molecule has 0 amide bonds. The molecule has 1 aromatic heterocycles. The first kappa shape index (κ1) is 34.4. The number of hydrogen-bond donors (Lipinski definition) is 0. The van der Waals surface area contributed by atoms with E-state index in [-0.39, 0.29) is 5.78 Å². The van der Waals surface area contributed by atoms with Crippen molar-refractivity contribution in [2.24, 2.45) is 5.16 Å². The third-order valence-electron chi connectivity index (χ3n) is 8.88. The fraction of sp³-hybridized carbons (Fsp3) is 0.308. The van der Waals surface area contributed by atoms with Crippen LogP contribution >= 0.6 is 23.4 Å². The van der Waals surface area contributed by atoms with Crippen LogP contribution in [0.1, 0.15) is 68.1 Å². The van der Waals surface area contributed by atoms with Crippen LogP contribution in [0.3, 0.4) is 0 Å². The number of carbonyl (C=O) groups is 2. The molecule has 0 fully saturated rings. The summed E-state index contributed by atoms with van der Waals surface area (Å²) in [7, 11) is 0. The molecule has 0 saturated heterocycles. The normalized spacial score (nSPS) is 12.3. The largest absolute Gasteiger partial charge is 0.354 e. The Hall–Kier alpha value is -3.91. The number of nitrogens with zero attached hydrogens (tertiary/aromatic N) is 3. The Morgan fingerprint density at radius 2 is 1.49 bits per heavy atom. The molecule has 0 aliphatic carbocycles. The van der Waals surface area contributed by atoms with Gasteiger partial charge in [-0.3, -0.25) is 9.69 Å². The Labute approximate surface area is 286 Å². The molecule has 244 valence electrons. The molecule has 0 N–H and O–H groups in total. The van der Waals surface area contributed by atoms with Crippen LogP contribution in [-0.4, -0.2) is 51.3 Å². The highest BCUT2D eigenvalue weighted by Crippen LogP contribution is 2.32. The predicted molar refractivity (Wildman–Crippen MR) is 196 cm³/mol. The smallest absolute Gasteiger partial charge is 0.341 e. The van der Waals surface area contributed by atoms with Gasteiger partial charge in [0.2, 0.25) is 0 Å². The van der Waals surface area contributed by atoms with Gasteiger partial charge >= 0.3 is 5.97 Å². The zero-order chi connectivity index (χ0) is 33.7. The lowest BCUT2D eigenvalue weighted by Crippen LogP contribution is -2.50. The van der Waals surface area contributed by atoms with E-state index in [9.17, 15) is 9.59 Å². The minimum absolute atomic E-state index is 0.00255. The molecule has 5 aromatic rings. The van der Waals surface area contributed by atoms with Crippen molar-refractivity contribution in [3.8, 4) is 0 Å². The molecule has 0 spiro atoms. The SMILES string of the molecule is CCN(CC)C(C)(C)C(=O)ON=C(CCSc1ccc(Cl)cc1)c1ccc2c(c1)c1cc(C(=O)c3ccccc3C)ccc1n2CC. The van der Waals surface area contributed by atoms with Crippen LogP contribution in [0, 0.1) is 6.92 Å². The Balaban J connectivity index is 1.55. The van der Waals surface area contributed by atoms with Crippen LogP contribution in [0.25, 0.3) is 21.8 Å². The summed E-state index contributed by atoms with van der Waals surface area (Å²) in [5, 5.41) is 7.23. The summed E-state index contributed by atoms with van der Waals surface area (Å²) in [4.78, 5) is 35.8. The molecule has 0 saturated carbocycles. The number of thioether (sulfide) groups is 1. The van der Waals surface area contributed by atoms with Crippen molar-refractivity contribution in [2.75, 3.05) is 18.8 Å². The maximum Gasteiger partial charge on any atom is 0.354 e. The molecule has 0 aliphatic heterocycles. The van der Waals surface area contributed by atoms with Crippen molar-refractivity contribution in [3.63, 3.8) is 0 Å². The number of aromatic nitrogens is 1. The van der Waals surface area contributed by atoms with Crippen LogP contribution in [0.15, 0.2) is 95.0 Å². The number of carbonyl (C=O) groups excluding carboxylic acids is 2. The highest BCUT2D eigenvalue weighted by atomic mass is 35.5. The molecule has 0 aliphatic rings. The number of likely N-dealkylation sites (N-methyl/N-ethyl adjacent to an activating group) is 1. The molecule has 8 heteroatoms. The monoisotopic (exact) mass is 667 g/mol. The fourth-order valence-electron chi connectivity index (χ4n) is 6.14. The highest BCUT2D eigenvalue weighted by molar-refractivity contribution is 7.99. The van der Waals surface area contributed by atoms with E-state index in [1.165, 1.54) is 0 Å². The minimum Gasteiger partial charge on any atom is -0.341 e. The van der Waals surface area contributed by atoms with Crippen LogP contribution in [0.5, 0.6) is 0 Å². The van der Waals surface area contributed by atoms with E-state index < -0.39 is 11.5 Å². The number of oxime groups is 1. The fourth-order valence-corrected chi connectivity index (χ4v) is 7.12. The molecule has 0 atom stereocenters. The second-order valence-electron chi connectivity index (χ2n) is 12.1. The Morgan fingerprint density at radius 1 is 0.872 bits per heavy atom. The predicted octanol–water partition coefficient (Wildman–Crippen LogP) is 9.56. The Morgan fingerprint density at radius 3 is 2.11 bits per heavy atom. The van der Waals surface area contributed by atoms with Crippen LogP contribution in [0.4, 0.5) is 0 Å². The first-order valence-electron chi connectivity index (χ1n) is 16.2. The molecular formula is C39H42ClN3O3S. The second-order valence-corrected chi connectivity index (χ2v) is 13.7. The topological polar surface area (TPSA) is 63.9 Å². The molecule has 1 heterocycles. The number of halogens is 1. The van der Waals surface area contributed by atoms with Gasteiger partial charge in [0, 0.05) is 67.1 Å². The number of benzene rings is 4. The summed E-state index contributed by atoms with van der Waals surface area (Å²) in [6, 6.07) is 27.7. The molecule has 6 nitrogen and oxygen atoms in total. The standard InChI is InChI=1S/C39H42ClN3O3S/c1-7-42(8-2)39(5,6)38(45)46-41-34(22-23-47-30-18-16-29(40)17-19-30)27-14-20-35-32(24-27)33-25-28(15-21-36(33)43(35)9-3)37(44)31-13-11-10-12-26(31)4/h10-21,24-25H,7-9,22-23H2,1-6H3. The quantitative estimate of drug-likeness (QED) is 0.0411. The number of rotatable bonds is 13. The van der Waals surface area contributed by atoms with Gasteiger partial charge < -0.3 is 9.40 Å². The first-order valence-corrected chi connectivity index (χ1v) is 17.5. The molecular weight excluding hydrogens is 626 g/mol. The third-order valence-corrected chi connectivity index (χ3v) is 10.1. The Bertz CT molecular complexity index is 1940. The number of ketones is 1. The number of fused-ring (bicyclic) bond motifs is 3. The van der Waals surface area contributed by atoms with Crippen molar-refractivity contribution in [1.82, 2.24) is 9.47 Å². The lowest BCUT2D eigenvalue weighted by Gasteiger charge is -2.33. The van der Waals surface area contributed by atoms with Gasteiger partial charge in [-0.15, -0.1) is 11.8 Å². The van der Waals surface area contributed by atoms with Crippen molar-refractivity contribution in [3.05, 3.63) is 112 Å². The molecule has 0 unspecified atom stereocenters. The van der Waals surface area contributed by atoms with Gasteiger partial charge in [0.1, 0.15) is 5.54 Å². The summed E-state index contributed by atoms with van der Waals surface area (Å²) in [6.07, 6.45) is 0.571. The lowest BCUT2D eigenvalue weighted by atomic mass is 9.97. The van der Waals surface area contributed by atoms with Crippen LogP contribution < -0.4 is 0 Å². The molecule has 4 aromatic carbocycles. The van der Waals surface area contributed by atoms with E-state index >= 15 is 0 Å². The third kappa shape index (κ3) is 7.33. The van der Waals surface area contributed by atoms with Crippen molar-refractivity contribution >= 4 is 62.6 Å². The maximum atomic E-state index is 13.6.